The molecule has 0 saturated heterocycles. The molecule has 2 aromatic carbocycles. The van der Waals surface area contributed by atoms with Crippen LogP contribution in [0, 0.1) is 0 Å². The number of aliphatic hydroxyl groups is 1. The van der Waals surface area contributed by atoms with Crippen LogP contribution < -0.4 is 10.1 Å². The molecule has 0 aliphatic carbocycles. The summed E-state index contributed by atoms with van der Waals surface area (Å²) in [4.78, 5) is 0. The van der Waals surface area contributed by atoms with Crippen molar-refractivity contribution in [3.05, 3.63) is 58.6 Å². The number of halogens is 1. The van der Waals surface area contributed by atoms with Crippen LogP contribution in [0.1, 0.15) is 19.4 Å². The zero-order chi connectivity index (χ0) is 15.3. The first-order chi connectivity index (χ1) is 10.1. The van der Waals surface area contributed by atoms with Gasteiger partial charge in [0.05, 0.1) is 18.8 Å². The van der Waals surface area contributed by atoms with E-state index < -0.39 is 5.54 Å². The van der Waals surface area contributed by atoms with Gasteiger partial charge >= 0.3 is 0 Å². The van der Waals surface area contributed by atoms with Crippen LogP contribution in [0.4, 0.5) is 5.69 Å². The number of nitrogens with one attached hydrogen (secondary N) is 1. The second-order valence-corrected chi connectivity index (χ2v) is 5.88. The fourth-order valence-electron chi connectivity index (χ4n) is 2.26. The quantitative estimate of drug-likeness (QED) is 0.822. The molecule has 2 N–H and O–H groups in total. The largest absolute Gasteiger partial charge is 0.494 e. The van der Waals surface area contributed by atoms with Gasteiger partial charge in [-0.1, -0.05) is 30.3 Å². The Morgan fingerprint density at radius 1 is 1.14 bits per heavy atom. The molecule has 0 spiro atoms. The Hall–Kier alpha value is -1.52. The van der Waals surface area contributed by atoms with Crippen molar-refractivity contribution in [3.8, 4) is 5.75 Å². The Morgan fingerprint density at radius 2 is 1.81 bits per heavy atom. The van der Waals surface area contributed by atoms with Crippen molar-refractivity contribution in [1.29, 1.82) is 0 Å². The Labute approximate surface area is 134 Å². The molecule has 0 aromatic heterocycles. The molecule has 21 heavy (non-hydrogen) atoms. The number of ether oxygens (including phenoxy) is 1. The minimum Gasteiger partial charge on any atom is -0.494 e. The van der Waals surface area contributed by atoms with E-state index in [0.29, 0.717) is 6.61 Å². The molecule has 2 aromatic rings. The van der Waals surface area contributed by atoms with Crippen LogP contribution >= 0.6 is 15.9 Å². The second-order valence-electron chi connectivity index (χ2n) is 5.02. The molecule has 0 aliphatic heterocycles. The highest BCUT2D eigenvalue weighted by molar-refractivity contribution is 9.10. The summed E-state index contributed by atoms with van der Waals surface area (Å²) in [7, 11) is 0. The Balaban J connectivity index is 2.39. The van der Waals surface area contributed by atoms with Gasteiger partial charge in [-0.15, -0.1) is 0 Å². The minimum absolute atomic E-state index is 0.0432. The highest BCUT2D eigenvalue weighted by Gasteiger charge is 2.29. The average Bonchev–Trinajstić information content (AvgIpc) is 2.50. The van der Waals surface area contributed by atoms with Crippen molar-refractivity contribution in [2.24, 2.45) is 0 Å². The molecule has 0 aliphatic rings. The van der Waals surface area contributed by atoms with Crippen molar-refractivity contribution in [2.75, 3.05) is 18.5 Å². The summed E-state index contributed by atoms with van der Waals surface area (Å²) >= 11 is 3.52. The van der Waals surface area contributed by atoms with E-state index in [-0.39, 0.29) is 6.61 Å². The summed E-state index contributed by atoms with van der Waals surface area (Å²) in [5.74, 6) is 0.788. The van der Waals surface area contributed by atoms with Crippen LogP contribution in [-0.2, 0) is 5.54 Å². The summed E-state index contributed by atoms with van der Waals surface area (Å²) in [5.41, 5.74) is 1.24. The smallest absolute Gasteiger partial charge is 0.124 e. The van der Waals surface area contributed by atoms with Crippen molar-refractivity contribution in [2.45, 2.75) is 19.4 Å². The number of rotatable bonds is 6. The first-order valence-corrected chi connectivity index (χ1v) is 7.76. The van der Waals surface area contributed by atoms with Crippen molar-refractivity contribution in [1.82, 2.24) is 0 Å². The lowest BCUT2D eigenvalue weighted by molar-refractivity contribution is 0.218. The summed E-state index contributed by atoms with van der Waals surface area (Å²) in [6, 6.07) is 15.6. The van der Waals surface area contributed by atoms with Crippen LogP contribution in [0.25, 0.3) is 0 Å². The van der Waals surface area contributed by atoms with E-state index in [2.05, 4.69) is 21.2 Å². The number of para-hydroxylation sites is 2. The molecule has 2 rings (SSSR count). The first-order valence-electron chi connectivity index (χ1n) is 6.96. The molecule has 4 heteroatoms. The van der Waals surface area contributed by atoms with Gasteiger partial charge in [0.1, 0.15) is 5.75 Å². The second kappa shape index (κ2) is 6.96. The van der Waals surface area contributed by atoms with Crippen LogP contribution in [-0.4, -0.2) is 18.3 Å². The van der Waals surface area contributed by atoms with Crippen LogP contribution in [0.2, 0.25) is 0 Å². The normalized spacial score (nSPS) is 13.5. The first kappa shape index (κ1) is 15.9. The van der Waals surface area contributed by atoms with E-state index in [4.69, 9.17) is 4.74 Å². The number of hydrogen-bond acceptors (Lipinski definition) is 3. The standard InChI is InChI=1S/C17H20BrNO2/c1-3-21-16-11-7-4-8-13(16)17(2,12-20)19-15-10-6-5-9-14(15)18/h4-11,19-20H,3,12H2,1-2H3. The maximum atomic E-state index is 9.95. The number of hydrogen-bond donors (Lipinski definition) is 2. The van der Waals surface area contributed by atoms with E-state index >= 15 is 0 Å². The van der Waals surface area contributed by atoms with Gasteiger partial charge in [0, 0.05) is 15.7 Å². The fraction of sp³-hybridized carbons (Fsp3) is 0.294. The lowest BCUT2D eigenvalue weighted by Crippen LogP contribution is -2.36. The van der Waals surface area contributed by atoms with Gasteiger partial charge in [-0.25, -0.2) is 0 Å². The van der Waals surface area contributed by atoms with Crippen LogP contribution in [0.5, 0.6) is 5.75 Å². The summed E-state index contributed by atoms with van der Waals surface area (Å²) in [6.07, 6.45) is 0. The number of anilines is 1. The Bertz CT molecular complexity index is 603. The third kappa shape index (κ3) is 3.57. The van der Waals surface area contributed by atoms with Gasteiger partial charge in [0.25, 0.3) is 0 Å². The van der Waals surface area contributed by atoms with E-state index in [9.17, 15) is 5.11 Å². The third-order valence-corrected chi connectivity index (χ3v) is 4.07. The predicted molar refractivity (Wildman–Crippen MR) is 89.8 cm³/mol. The Kier molecular flexibility index (Phi) is 5.26. The molecule has 0 amide bonds. The van der Waals surface area contributed by atoms with Gasteiger partial charge in [-0.2, -0.15) is 0 Å². The highest BCUT2D eigenvalue weighted by Crippen LogP contribution is 2.34. The van der Waals surface area contributed by atoms with Gasteiger partial charge < -0.3 is 15.2 Å². The van der Waals surface area contributed by atoms with Crippen molar-refractivity contribution in [3.63, 3.8) is 0 Å². The average molecular weight is 350 g/mol. The monoisotopic (exact) mass is 349 g/mol. The molecule has 0 heterocycles. The van der Waals surface area contributed by atoms with Crippen LogP contribution in [0.15, 0.2) is 53.0 Å². The molecule has 3 nitrogen and oxygen atoms in total. The number of aliphatic hydroxyl groups excluding tert-OH is 1. The SMILES string of the molecule is CCOc1ccccc1C(C)(CO)Nc1ccccc1Br. The molecule has 0 radical (unpaired) electrons. The van der Waals surface area contributed by atoms with Crippen LogP contribution in [0.3, 0.4) is 0 Å². The topological polar surface area (TPSA) is 41.5 Å². The molecule has 1 atom stereocenters. The van der Waals surface area contributed by atoms with Crippen molar-refractivity contribution >= 4 is 21.6 Å². The lowest BCUT2D eigenvalue weighted by atomic mass is 9.91. The molecular weight excluding hydrogens is 330 g/mol. The molecule has 1 unspecified atom stereocenters. The third-order valence-electron chi connectivity index (χ3n) is 3.38. The van der Waals surface area contributed by atoms with Crippen molar-refractivity contribution < 1.29 is 9.84 Å². The van der Waals surface area contributed by atoms with E-state index in [1.54, 1.807) is 0 Å². The molecule has 112 valence electrons. The molecule has 0 saturated carbocycles. The van der Waals surface area contributed by atoms with E-state index in [1.807, 2.05) is 62.4 Å². The molecule has 0 fully saturated rings. The van der Waals surface area contributed by atoms with E-state index in [0.717, 1.165) is 21.5 Å². The number of benzene rings is 2. The van der Waals surface area contributed by atoms with Gasteiger partial charge in [0.15, 0.2) is 0 Å². The van der Waals surface area contributed by atoms with Gasteiger partial charge in [-0.3, -0.25) is 0 Å². The minimum atomic E-state index is -0.629. The van der Waals surface area contributed by atoms with Gasteiger partial charge in [-0.05, 0) is 48.0 Å². The molecular formula is C17H20BrNO2. The maximum absolute atomic E-state index is 9.95. The predicted octanol–water partition coefficient (Wildman–Crippen LogP) is 4.17. The fourth-order valence-corrected chi connectivity index (χ4v) is 2.64. The zero-order valence-corrected chi connectivity index (χ0v) is 13.9. The summed E-state index contributed by atoms with van der Waals surface area (Å²) < 4.78 is 6.65. The maximum Gasteiger partial charge on any atom is 0.124 e. The molecule has 0 bridgehead atoms. The lowest BCUT2D eigenvalue weighted by Gasteiger charge is -2.32. The van der Waals surface area contributed by atoms with E-state index in [1.165, 1.54) is 0 Å². The summed E-state index contributed by atoms with van der Waals surface area (Å²) in [5, 5.41) is 13.4. The zero-order valence-electron chi connectivity index (χ0n) is 12.3. The van der Waals surface area contributed by atoms with Gasteiger partial charge in [0.2, 0.25) is 0 Å². The summed E-state index contributed by atoms with van der Waals surface area (Å²) in [6.45, 7) is 4.46. The highest BCUT2D eigenvalue weighted by atomic mass is 79.9. The Morgan fingerprint density at radius 3 is 2.48 bits per heavy atom.